The summed E-state index contributed by atoms with van der Waals surface area (Å²) in [7, 11) is 1.83. The third-order valence-corrected chi connectivity index (χ3v) is 9.29. The van der Waals surface area contributed by atoms with E-state index < -0.39 is 0 Å². The number of rotatable bonds is 10. The first-order valence-corrected chi connectivity index (χ1v) is 16.2. The van der Waals surface area contributed by atoms with Crippen molar-refractivity contribution in [3.63, 3.8) is 0 Å². The summed E-state index contributed by atoms with van der Waals surface area (Å²) >= 11 is 0. The number of ether oxygens (including phenoxy) is 2. The van der Waals surface area contributed by atoms with Crippen LogP contribution in [0.15, 0.2) is 40.2 Å². The normalized spacial score (nSPS) is 20.7. The second kappa shape index (κ2) is 14.1. The fourth-order valence-corrected chi connectivity index (χ4v) is 6.88. The minimum Gasteiger partial charge on any atom is -0.461 e. The van der Waals surface area contributed by atoms with E-state index in [-0.39, 0.29) is 23.7 Å². The minimum absolute atomic E-state index is 0.0325. The second-order valence-corrected chi connectivity index (χ2v) is 13.2. The summed E-state index contributed by atoms with van der Waals surface area (Å²) in [5, 5.41) is 3.52. The molecule has 7 heteroatoms. The molecule has 1 N–H and O–H groups in total. The summed E-state index contributed by atoms with van der Waals surface area (Å²) in [6, 6.07) is 8.26. The average molecular weight is 576 g/mol. The van der Waals surface area contributed by atoms with Gasteiger partial charge >= 0.3 is 5.97 Å². The number of nitrogens with one attached hydrogen (secondary N) is 1. The molecule has 2 aromatic rings. The molecule has 2 fully saturated rings. The number of carbonyl (C=O) groups is 1. The molecule has 7 nitrogen and oxygen atoms in total. The van der Waals surface area contributed by atoms with E-state index in [1.165, 1.54) is 5.56 Å². The average Bonchev–Trinajstić information content (AvgIpc) is 3.41. The second-order valence-electron chi connectivity index (χ2n) is 13.2. The monoisotopic (exact) mass is 575 g/mol. The Labute approximate surface area is 251 Å². The molecule has 228 valence electrons. The molecular weight excluding hydrogens is 526 g/mol. The Morgan fingerprint density at radius 2 is 1.88 bits per heavy atom. The van der Waals surface area contributed by atoms with E-state index in [1.54, 1.807) is 4.57 Å². The van der Waals surface area contributed by atoms with Crippen molar-refractivity contribution < 1.29 is 14.3 Å². The van der Waals surface area contributed by atoms with Crippen LogP contribution in [-0.4, -0.2) is 41.6 Å². The van der Waals surface area contributed by atoms with Crippen LogP contribution >= 0.6 is 0 Å². The van der Waals surface area contributed by atoms with E-state index in [0.717, 1.165) is 106 Å². The van der Waals surface area contributed by atoms with Gasteiger partial charge in [0, 0.05) is 50.0 Å². The van der Waals surface area contributed by atoms with Crippen molar-refractivity contribution in [2.75, 3.05) is 13.2 Å². The van der Waals surface area contributed by atoms with E-state index in [9.17, 15) is 9.59 Å². The Hall–Kier alpha value is -2.77. The lowest BCUT2D eigenvalue weighted by Gasteiger charge is -2.27. The standard InChI is InChI=1S/C35H49N3O4/c1-23(2)17-32(35(40)42-30-7-5-6-8-30)36-21-26-9-10-27-11-12-28(19-25-13-15-41-16-14-25)33(37-31(27)20-26)29-18-24(3)34(39)38(4)22-29/h9-10,18,20,22-23,25,28,30,32,36H,5-8,11-17,19,21H2,1-4H3/t28?,32-/m0/s1. The van der Waals surface area contributed by atoms with Crippen molar-refractivity contribution in [3.05, 3.63) is 63.1 Å². The SMILES string of the molecule is Cc1cc(C2=Nc3cc(CN[C@@H](CC(C)C)C(=O)OC4CCCC4)ccc3CCC2CC2CCOCC2)cn(C)c1=O. The van der Waals surface area contributed by atoms with Crippen molar-refractivity contribution in [3.8, 4) is 0 Å². The number of hydrogen-bond acceptors (Lipinski definition) is 6. The molecule has 1 saturated heterocycles. The Bertz CT molecular complexity index is 1290. The number of aromatic nitrogens is 1. The predicted octanol–water partition coefficient (Wildman–Crippen LogP) is 6.18. The lowest BCUT2D eigenvalue weighted by molar-refractivity contribution is -0.151. The molecule has 0 radical (unpaired) electrons. The van der Waals surface area contributed by atoms with Crippen molar-refractivity contribution >= 4 is 17.4 Å². The summed E-state index contributed by atoms with van der Waals surface area (Å²) < 4.78 is 13.2. The first-order valence-electron chi connectivity index (χ1n) is 16.2. The third kappa shape index (κ3) is 7.78. The molecule has 1 aromatic carbocycles. The van der Waals surface area contributed by atoms with Gasteiger partial charge in [0.05, 0.1) is 11.4 Å². The van der Waals surface area contributed by atoms with Gasteiger partial charge in [0.15, 0.2) is 0 Å². The maximum atomic E-state index is 13.1. The number of esters is 1. The molecule has 2 aliphatic heterocycles. The number of fused-ring (bicyclic) bond motifs is 1. The molecular formula is C35H49N3O4. The van der Waals surface area contributed by atoms with Gasteiger partial charge in [-0.3, -0.25) is 14.6 Å². The lowest BCUT2D eigenvalue weighted by Crippen LogP contribution is -2.40. The van der Waals surface area contributed by atoms with Crippen LogP contribution in [0.4, 0.5) is 5.69 Å². The molecule has 0 spiro atoms. The zero-order chi connectivity index (χ0) is 29.6. The van der Waals surface area contributed by atoms with E-state index in [2.05, 4.69) is 37.4 Å². The van der Waals surface area contributed by atoms with Gasteiger partial charge in [0.1, 0.15) is 12.1 Å². The van der Waals surface area contributed by atoms with Crippen LogP contribution in [0, 0.1) is 24.7 Å². The molecule has 2 atom stereocenters. The highest BCUT2D eigenvalue weighted by Crippen LogP contribution is 2.35. The topological polar surface area (TPSA) is 81.9 Å². The highest BCUT2D eigenvalue weighted by atomic mass is 16.5. The number of aliphatic imine (C=N–C) groups is 1. The zero-order valence-corrected chi connectivity index (χ0v) is 26.0. The molecule has 5 rings (SSSR count). The quantitative estimate of drug-likeness (QED) is 0.342. The number of pyridine rings is 1. The summed E-state index contributed by atoms with van der Waals surface area (Å²) in [5.74, 6) is 1.22. The fraction of sp³-hybridized carbons (Fsp3) is 0.629. The lowest BCUT2D eigenvalue weighted by atomic mass is 9.82. The van der Waals surface area contributed by atoms with Gasteiger partial charge in [-0.15, -0.1) is 0 Å². The molecule has 0 bridgehead atoms. The molecule has 3 aliphatic rings. The first-order chi connectivity index (χ1) is 20.3. The Morgan fingerprint density at radius 3 is 2.60 bits per heavy atom. The van der Waals surface area contributed by atoms with Crippen molar-refractivity contribution in [1.29, 1.82) is 0 Å². The van der Waals surface area contributed by atoms with Crippen LogP contribution in [0.25, 0.3) is 0 Å². The summed E-state index contributed by atoms with van der Waals surface area (Å²) in [4.78, 5) is 31.0. The van der Waals surface area contributed by atoms with E-state index in [1.807, 2.05) is 26.2 Å². The van der Waals surface area contributed by atoms with Gasteiger partial charge in [-0.05, 0) is 106 Å². The van der Waals surface area contributed by atoms with Crippen LogP contribution in [0.3, 0.4) is 0 Å². The maximum absolute atomic E-state index is 13.1. The Kier molecular flexibility index (Phi) is 10.3. The van der Waals surface area contributed by atoms with Crippen molar-refractivity contribution in [1.82, 2.24) is 9.88 Å². The van der Waals surface area contributed by atoms with Crippen molar-refractivity contribution in [2.45, 2.75) is 104 Å². The Morgan fingerprint density at radius 1 is 1.12 bits per heavy atom. The number of nitrogens with zero attached hydrogens (tertiary/aromatic N) is 2. The largest absolute Gasteiger partial charge is 0.461 e. The fourth-order valence-electron chi connectivity index (χ4n) is 6.88. The summed E-state index contributed by atoms with van der Waals surface area (Å²) in [6.45, 7) is 8.44. The van der Waals surface area contributed by atoms with Crippen LogP contribution in [0.5, 0.6) is 0 Å². The van der Waals surface area contributed by atoms with Gasteiger partial charge in [-0.2, -0.15) is 0 Å². The van der Waals surface area contributed by atoms with Crippen molar-refractivity contribution in [2.24, 2.45) is 29.8 Å². The molecule has 1 aromatic heterocycles. The Balaban J connectivity index is 1.39. The smallest absolute Gasteiger partial charge is 0.323 e. The number of benzene rings is 1. The number of aryl methyl sites for hydroxylation is 3. The first kappa shape index (κ1) is 30.7. The van der Waals surface area contributed by atoms with Gasteiger partial charge in [-0.25, -0.2) is 0 Å². The molecule has 42 heavy (non-hydrogen) atoms. The number of carbonyl (C=O) groups excluding carboxylic acids is 1. The van der Waals surface area contributed by atoms with E-state index >= 15 is 0 Å². The third-order valence-electron chi connectivity index (χ3n) is 9.29. The predicted molar refractivity (Wildman–Crippen MR) is 167 cm³/mol. The molecule has 0 amide bonds. The van der Waals surface area contributed by atoms with Crippen LogP contribution in [0.1, 0.15) is 93.9 Å². The molecule has 1 aliphatic carbocycles. The molecule has 1 unspecified atom stereocenters. The van der Waals surface area contributed by atoms with Crippen LogP contribution in [0.2, 0.25) is 0 Å². The summed E-state index contributed by atoms with van der Waals surface area (Å²) in [5.41, 5.74) is 6.26. The van der Waals surface area contributed by atoms with Crippen LogP contribution < -0.4 is 10.9 Å². The van der Waals surface area contributed by atoms with Gasteiger partial charge in [0.25, 0.3) is 5.56 Å². The maximum Gasteiger partial charge on any atom is 0.323 e. The minimum atomic E-state index is -0.319. The van der Waals surface area contributed by atoms with Crippen LogP contribution in [-0.2, 0) is 34.3 Å². The molecule has 3 heterocycles. The highest BCUT2D eigenvalue weighted by Gasteiger charge is 2.28. The van der Waals surface area contributed by atoms with Gasteiger partial charge < -0.3 is 19.4 Å². The number of hydrogen-bond donors (Lipinski definition) is 1. The zero-order valence-electron chi connectivity index (χ0n) is 26.0. The van der Waals surface area contributed by atoms with Gasteiger partial charge in [-0.1, -0.05) is 26.0 Å². The van der Waals surface area contributed by atoms with E-state index in [4.69, 9.17) is 14.5 Å². The summed E-state index contributed by atoms with van der Waals surface area (Å²) in [6.07, 6.45) is 12.3. The van der Waals surface area contributed by atoms with E-state index in [0.29, 0.717) is 24.3 Å². The van der Waals surface area contributed by atoms with Gasteiger partial charge in [0.2, 0.25) is 0 Å². The highest BCUT2D eigenvalue weighted by molar-refractivity contribution is 6.04. The molecule has 1 saturated carbocycles.